The van der Waals surface area contributed by atoms with Crippen molar-refractivity contribution in [2.75, 3.05) is 24.3 Å². The molecule has 0 unspecified atom stereocenters. The van der Waals surface area contributed by atoms with E-state index in [4.69, 9.17) is 4.74 Å². The molecule has 2 N–H and O–H groups in total. The second-order valence-electron chi connectivity index (χ2n) is 4.51. The number of anilines is 2. The molecule has 0 saturated heterocycles. The van der Waals surface area contributed by atoms with Gasteiger partial charge >= 0.3 is 6.01 Å². The number of ether oxygens (including phenoxy) is 1. The van der Waals surface area contributed by atoms with E-state index in [1.807, 2.05) is 20.8 Å². The highest BCUT2D eigenvalue weighted by Crippen LogP contribution is 2.14. The van der Waals surface area contributed by atoms with Crippen LogP contribution in [-0.2, 0) is 0 Å². The predicted molar refractivity (Wildman–Crippen MR) is 68.4 cm³/mol. The van der Waals surface area contributed by atoms with Crippen molar-refractivity contribution in [2.45, 2.75) is 26.3 Å². The molecular formula is C11H19N5O. The number of methoxy groups -OCH3 is 1. The van der Waals surface area contributed by atoms with Crippen molar-refractivity contribution >= 4 is 11.9 Å². The van der Waals surface area contributed by atoms with Gasteiger partial charge in [-0.1, -0.05) is 6.08 Å². The van der Waals surface area contributed by atoms with Gasteiger partial charge in [-0.25, -0.2) is 0 Å². The summed E-state index contributed by atoms with van der Waals surface area (Å²) in [5.41, 5.74) is -0.123. The van der Waals surface area contributed by atoms with E-state index in [0.29, 0.717) is 18.4 Å². The van der Waals surface area contributed by atoms with Crippen LogP contribution in [0.4, 0.5) is 11.9 Å². The fourth-order valence-corrected chi connectivity index (χ4v) is 1.08. The largest absolute Gasteiger partial charge is 0.467 e. The Morgan fingerprint density at radius 1 is 1.24 bits per heavy atom. The van der Waals surface area contributed by atoms with Crippen LogP contribution in [-0.4, -0.2) is 34.1 Å². The van der Waals surface area contributed by atoms with Gasteiger partial charge in [-0.15, -0.1) is 6.58 Å². The van der Waals surface area contributed by atoms with Crippen molar-refractivity contribution in [2.24, 2.45) is 0 Å². The molecule has 6 nitrogen and oxygen atoms in total. The summed E-state index contributed by atoms with van der Waals surface area (Å²) in [6, 6.07) is 0.276. The van der Waals surface area contributed by atoms with E-state index in [0.717, 1.165) is 0 Å². The number of nitrogens with one attached hydrogen (secondary N) is 2. The average Bonchev–Trinajstić information content (AvgIpc) is 2.23. The smallest absolute Gasteiger partial charge is 0.322 e. The highest BCUT2D eigenvalue weighted by molar-refractivity contribution is 5.37. The lowest BCUT2D eigenvalue weighted by molar-refractivity contribution is 0.379. The van der Waals surface area contributed by atoms with Crippen LogP contribution in [0.3, 0.4) is 0 Å². The van der Waals surface area contributed by atoms with E-state index < -0.39 is 0 Å². The van der Waals surface area contributed by atoms with Gasteiger partial charge in [-0.2, -0.15) is 15.0 Å². The van der Waals surface area contributed by atoms with E-state index in [1.54, 1.807) is 6.08 Å². The number of hydrogen-bond donors (Lipinski definition) is 2. The third-order valence-electron chi connectivity index (χ3n) is 1.69. The summed E-state index contributed by atoms with van der Waals surface area (Å²) in [6.45, 7) is 10.3. The van der Waals surface area contributed by atoms with Crippen LogP contribution in [0.1, 0.15) is 20.8 Å². The Balaban J connectivity index is 2.92. The molecule has 0 aliphatic heterocycles. The minimum Gasteiger partial charge on any atom is -0.467 e. The van der Waals surface area contributed by atoms with Crippen LogP contribution in [0.5, 0.6) is 6.01 Å². The molecule has 1 aromatic heterocycles. The minimum atomic E-state index is -0.123. The third-order valence-corrected chi connectivity index (χ3v) is 1.69. The van der Waals surface area contributed by atoms with Crippen molar-refractivity contribution in [3.05, 3.63) is 12.7 Å². The average molecular weight is 237 g/mol. The highest BCUT2D eigenvalue weighted by atomic mass is 16.5. The van der Waals surface area contributed by atoms with Crippen LogP contribution in [0.15, 0.2) is 12.7 Å². The summed E-state index contributed by atoms with van der Waals surface area (Å²) < 4.78 is 5.02. The van der Waals surface area contributed by atoms with E-state index in [9.17, 15) is 0 Å². The second-order valence-corrected chi connectivity index (χ2v) is 4.51. The Hall–Kier alpha value is -1.85. The van der Waals surface area contributed by atoms with Crippen molar-refractivity contribution in [3.8, 4) is 6.01 Å². The maximum Gasteiger partial charge on any atom is 0.322 e. The van der Waals surface area contributed by atoms with Crippen LogP contribution >= 0.6 is 0 Å². The van der Waals surface area contributed by atoms with Crippen LogP contribution in [0.25, 0.3) is 0 Å². The van der Waals surface area contributed by atoms with Gasteiger partial charge in [0.1, 0.15) is 0 Å². The molecule has 0 bridgehead atoms. The van der Waals surface area contributed by atoms with Gasteiger partial charge < -0.3 is 15.4 Å². The van der Waals surface area contributed by atoms with Crippen LogP contribution < -0.4 is 15.4 Å². The first kappa shape index (κ1) is 13.2. The van der Waals surface area contributed by atoms with E-state index in [2.05, 4.69) is 32.2 Å². The Kier molecular flexibility index (Phi) is 4.25. The molecule has 0 atom stereocenters. The van der Waals surface area contributed by atoms with Gasteiger partial charge in [0.05, 0.1) is 7.11 Å². The molecule has 0 radical (unpaired) electrons. The van der Waals surface area contributed by atoms with Gasteiger partial charge in [-0.3, -0.25) is 0 Å². The Bertz CT molecular complexity index is 386. The van der Waals surface area contributed by atoms with E-state index >= 15 is 0 Å². The first-order valence-corrected chi connectivity index (χ1v) is 5.37. The van der Waals surface area contributed by atoms with E-state index in [-0.39, 0.29) is 11.5 Å². The molecule has 17 heavy (non-hydrogen) atoms. The maximum absolute atomic E-state index is 5.02. The van der Waals surface area contributed by atoms with Gasteiger partial charge in [0.2, 0.25) is 11.9 Å². The van der Waals surface area contributed by atoms with Crippen LogP contribution in [0, 0.1) is 0 Å². The quantitative estimate of drug-likeness (QED) is 0.759. The zero-order valence-corrected chi connectivity index (χ0v) is 10.7. The number of rotatable bonds is 5. The van der Waals surface area contributed by atoms with Crippen molar-refractivity contribution in [1.29, 1.82) is 0 Å². The van der Waals surface area contributed by atoms with Crippen molar-refractivity contribution in [3.63, 3.8) is 0 Å². The lowest BCUT2D eigenvalue weighted by Gasteiger charge is -2.20. The number of nitrogens with zero attached hydrogens (tertiary/aromatic N) is 3. The molecular weight excluding hydrogens is 218 g/mol. The zero-order valence-electron chi connectivity index (χ0n) is 10.7. The predicted octanol–water partition coefficient (Wildman–Crippen LogP) is 1.69. The zero-order chi connectivity index (χ0) is 12.9. The third kappa shape index (κ3) is 4.67. The topological polar surface area (TPSA) is 72.0 Å². The first-order chi connectivity index (χ1) is 7.94. The molecule has 1 heterocycles. The molecule has 94 valence electrons. The van der Waals surface area contributed by atoms with Crippen LogP contribution in [0.2, 0.25) is 0 Å². The van der Waals surface area contributed by atoms with Gasteiger partial charge in [-0.05, 0) is 20.8 Å². The molecule has 1 aromatic rings. The maximum atomic E-state index is 5.02. The molecule has 0 aromatic carbocycles. The summed E-state index contributed by atoms with van der Waals surface area (Å²) in [7, 11) is 1.52. The highest BCUT2D eigenvalue weighted by Gasteiger charge is 2.13. The Labute approximate surface area is 102 Å². The normalized spacial score (nSPS) is 10.8. The number of hydrogen-bond acceptors (Lipinski definition) is 6. The van der Waals surface area contributed by atoms with Gasteiger partial charge in [0.25, 0.3) is 0 Å². The fourth-order valence-electron chi connectivity index (χ4n) is 1.08. The lowest BCUT2D eigenvalue weighted by atomic mass is 10.1. The van der Waals surface area contributed by atoms with E-state index in [1.165, 1.54) is 7.11 Å². The number of aromatic nitrogens is 3. The summed E-state index contributed by atoms with van der Waals surface area (Å²) >= 11 is 0. The Morgan fingerprint density at radius 2 is 1.88 bits per heavy atom. The fraction of sp³-hybridized carbons (Fsp3) is 0.545. The molecule has 0 spiro atoms. The molecule has 0 aliphatic carbocycles. The molecule has 6 heteroatoms. The summed E-state index contributed by atoms with van der Waals surface area (Å²) in [4.78, 5) is 12.4. The SMILES string of the molecule is C=CCNc1nc(NC(C)(C)C)nc(OC)n1. The lowest BCUT2D eigenvalue weighted by Crippen LogP contribution is -2.27. The second kappa shape index (κ2) is 5.47. The van der Waals surface area contributed by atoms with Gasteiger partial charge in [0.15, 0.2) is 0 Å². The summed E-state index contributed by atoms with van der Waals surface area (Å²) in [5, 5.41) is 6.16. The minimum absolute atomic E-state index is 0.123. The molecule has 0 fully saturated rings. The molecule has 0 aliphatic rings. The Morgan fingerprint density at radius 3 is 2.41 bits per heavy atom. The first-order valence-electron chi connectivity index (χ1n) is 5.37. The molecule has 0 saturated carbocycles. The monoisotopic (exact) mass is 237 g/mol. The molecule has 1 rings (SSSR count). The van der Waals surface area contributed by atoms with Crippen molar-refractivity contribution < 1.29 is 4.74 Å². The summed E-state index contributed by atoms with van der Waals surface area (Å²) in [6.07, 6.45) is 1.73. The van der Waals surface area contributed by atoms with Gasteiger partial charge in [0, 0.05) is 12.1 Å². The summed E-state index contributed by atoms with van der Waals surface area (Å²) in [5.74, 6) is 0.944. The van der Waals surface area contributed by atoms with Crippen molar-refractivity contribution in [1.82, 2.24) is 15.0 Å². The standard InChI is InChI=1S/C11H19N5O/c1-6-7-12-8-13-9(16-11(2,3)4)15-10(14-8)17-5/h6H,1,7H2,2-5H3,(H2,12,13,14,15,16). The molecule has 0 amide bonds.